The third kappa shape index (κ3) is 2.20. The zero-order valence-electron chi connectivity index (χ0n) is 10.6. The van der Waals surface area contributed by atoms with Gasteiger partial charge in [-0.25, -0.2) is 0 Å². The summed E-state index contributed by atoms with van der Waals surface area (Å²) in [5, 5.41) is 0. The highest BCUT2D eigenvalue weighted by molar-refractivity contribution is 6.05. The van der Waals surface area contributed by atoms with Gasteiger partial charge in [-0.05, 0) is 0 Å². The smallest absolute Gasteiger partial charge is 0.319 e. The van der Waals surface area contributed by atoms with Gasteiger partial charge in [0.25, 0.3) is 0 Å². The molecular weight excluding hydrogens is 228 g/mol. The van der Waals surface area contributed by atoms with Crippen molar-refractivity contribution in [2.45, 2.75) is 18.6 Å². The van der Waals surface area contributed by atoms with Gasteiger partial charge in [-0.2, -0.15) is 0 Å². The molecule has 0 atom stereocenters. The van der Waals surface area contributed by atoms with Crippen molar-refractivity contribution in [3.63, 3.8) is 0 Å². The Hall–Kier alpha value is -0.980. The van der Waals surface area contributed by atoms with Crippen LogP contribution in [0.1, 0.15) is 12.8 Å². The van der Waals surface area contributed by atoms with E-state index in [4.69, 9.17) is 14.2 Å². The topological polar surface area (TPSA) is 71.1 Å². The van der Waals surface area contributed by atoms with E-state index in [1.807, 2.05) is 0 Å². The molecule has 0 saturated heterocycles. The second-order valence-corrected chi connectivity index (χ2v) is 4.10. The summed E-state index contributed by atoms with van der Waals surface area (Å²) in [4.78, 5) is 23.7. The fraction of sp³-hybridized carbons (Fsp3) is 0.818. The lowest BCUT2D eigenvalue weighted by Gasteiger charge is -2.50. The van der Waals surface area contributed by atoms with Crippen LogP contribution in [0.5, 0.6) is 0 Å². The van der Waals surface area contributed by atoms with Crippen molar-refractivity contribution in [2.75, 3.05) is 35.0 Å². The summed E-state index contributed by atoms with van der Waals surface area (Å²) in [6, 6.07) is 0. The van der Waals surface area contributed by atoms with Crippen LogP contribution >= 0.6 is 0 Å². The van der Waals surface area contributed by atoms with Crippen molar-refractivity contribution in [1.29, 1.82) is 0 Å². The Kier molecular flexibility index (Phi) is 4.24. The first-order valence-electron chi connectivity index (χ1n) is 5.21. The number of methoxy groups -OCH3 is 4. The maximum absolute atomic E-state index is 11.9. The maximum atomic E-state index is 11.9. The number of esters is 1. The van der Waals surface area contributed by atoms with Crippen LogP contribution in [0.4, 0.5) is 0 Å². The molecule has 0 radical (unpaired) electrons. The fourth-order valence-corrected chi connectivity index (χ4v) is 2.16. The van der Waals surface area contributed by atoms with Gasteiger partial charge in [-0.1, -0.05) is 0 Å². The van der Waals surface area contributed by atoms with Crippen LogP contribution < -0.4 is 0 Å². The number of Topliss-reactive ketones (excluding diaryl/α,β-unsaturated/α-hetero) is 1. The van der Waals surface area contributed by atoms with Crippen LogP contribution in [0.25, 0.3) is 0 Å². The van der Waals surface area contributed by atoms with Gasteiger partial charge >= 0.3 is 5.97 Å². The summed E-state index contributed by atoms with van der Waals surface area (Å²) in [5.41, 5.74) is -1.20. The number of hydrogen-bond acceptors (Lipinski definition) is 6. The summed E-state index contributed by atoms with van der Waals surface area (Å²) >= 11 is 0. The molecule has 0 aromatic carbocycles. The van der Waals surface area contributed by atoms with Gasteiger partial charge in [0.2, 0.25) is 0 Å². The molecule has 98 valence electrons. The highest BCUT2D eigenvalue weighted by atomic mass is 16.7. The average molecular weight is 246 g/mol. The van der Waals surface area contributed by atoms with Crippen molar-refractivity contribution in [3.8, 4) is 0 Å². The van der Waals surface area contributed by atoms with E-state index >= 15 is 0 Å². The molecule has 1 fully saturated rings. The number of ketones is 1. The third-order valence-corrected chi connectivity index (χ3v) is 3.27. The molecule has 0 unspecified atom stereocenters. The van der Waals surface area contributed by atoms with Crippen LogP contribution in [0.15, 0.2) is 0 Å². The third-order valence-electron chi connectivity index (χ3n) is 3.27. The number of rotatable bonds is 6. The molecule has 0 bridgehead atoms. The molecule has 0 aliphatic heterocycles. The van der Waals surface area contributed by atoms with E-state index in [0.29, 0.717) is 0 Å². The normalized spacial score (nSPS) is 20.5. The zero-order valence-corrected chi connectivity index (χ0v) is 10.6. The lowest BCUT2D eigenvalue weighted by molar-refractivity contribution is -0.289. The molecule has 1 aliphatic rings. The van der Waals surface area contributed by atoms with E-state index in [1.54, 1.807) is 0 Å². The van der Waals surface area contributed by atoms with Crippen molar-refractivity contribution in [1.82, 2.24) is 0 Å². The Morgan fingerprint density at radius 1 is 1.06 bits per heavy atom. The van der Waals surface area contributed by atoms with Gasteiger partial charge in [0, 0.05) is 34.2 Å². The van der Waals surface area contributed by atoms with E-state index in [2.05, 4.69) is 4.74 Å². The maximum Gasteiger partial charge on any atom is 0.319 e. The standard InChI is InChI=1S/C11H18O6/c1-14-5-8(12)10(9(13)15-2)6-11(7-10,16-3)17-4/h5-7H2,1-4H3. The molecule has 1 rings (SSSR count). The van der Waals surface area contributed by atoms with Gasteiger partial charge < -0.3 is 18.9 Å². The molecule has 0 spiro atoms. The quantitative estimate of drug-likeness (QED) is 0.377. The Labute approximate surface area is 100 Å². The monoisotopic (exact) mass is 246 g/mol. The Bertz CT molecular complexity index is 299. The predicted molar refractivity (Wildman–Crippen MR) is 57.3 cm³/mol. The van der Waals surface area contributed by atoms with Crippen molar-refractivity contribution in [3.05, 3.63) is 0 Å². The molecule has 17 heavy (non-hydrogen) atoms. The summed E-state index contributed by atoms with van der Waals surface area (Å²) in [7, 11) is 5.61. The molecule has 0 amide bonds. The molecule has 0 aromatic rings. The lowest BCUT2D eigenvalue weighted by atomic mass is 9.61. The molecule has 0 aromatic heterocycles. The van der Waals surface area contributed by atoms with E-state index in [0.717, 1.165) is 0 Å². The first-order valence-corrected chi connectivity index (χ1v) is 5.21. The van der Waals surface area contributed by atoms with E-state index in [9.17, 15) is 9.59 Å². The highest BCUT2D eigenvalue weighted by Gasteiger charge is 2.65. The second-order valence-electron chi connectivity index (χ2n) is 4.10. The first-order chi connectivity index (χ1) is 8.00. The van der Waals surface area contributed by atoms with Gasteiger partial charge in [-0.15, -0.1) is 0 Å². The highest BCUT2D eigenvalue weighted by Crippen LogP contribution is 2.52. The summed E-state index contributed by atoms with van der Waals surface area (Å²) < 4.78 is 19.8. The van der Waals surface area contributed by atoms with Crippen LogP contribution in [-0.2, 0) is 28.5 Å². The number of carbonyl (C=O) groups excluding carboxylic acids is 2. The van der Waals surface area contributed by atoms with Gasteiger partial charge in [0.1, 0.15) is 12.0 Å². The average Bonchev–Trinajstić information content (AvgIpc) is 2.29. The summed E-state index contributed by atoms with van der Waals surface area (Å²) in [6.07, 6.45) is 0.309. The molecule has 6 heteroatoms. The molecule has 0 N–H and O–H groups in total. The molecule has 1 aliphatic carbocycles. The lowest BCUT2D eigenvalue weighted by Crippen LogP contribution is -2.62. The Balaban J connectivity index is 2.87. The van der Waals surface area contributed by atoms with Crippen LogP contribution in [0.3, 0.4) is 0 Å². The summed E-state index contributed by atoms with van der Waals surface area (Å²) in [6.45, 7) is -0.126. The second kappa shape index (κ2) is 5.12. The van der Waals surface area contributed by atoms with Gasteiger partial charge in [0.15, 0.2) is 11.6 Å². The predicted octanol–water partition coefficient (Wildman–Crippen LogP) is 0.144. The van der Waals surface area contributed by atoms with Crippen molar-refractivity contribution in [2.24, 2.45) is 5.41 Å². The fourth-order valence-electron chi connectivity index (χ4n) is 2.16. The zero-order chi connectivity index (χ0) is 13.1. The minimum Gasteiger partial charge on any atom is -0.468 e. The first kappa shape index (κ1) is 14.1. The SMILES string of the molecule is COCC(=O)C1(C(=O)OC)CC(OC)(OC)C1. The molecular formula is C11H18O6. The Morgan fingerprint density at radius 3 is 1.94 bits per heavy atom. The molecule has 0 heterocycles. The number of carbonyl (C=O) groups is 2. The van der Waals surface area contributed by atoms with Crippen molar-refractivity contribution < 1.29 is 28.5 Å². The molecule has 6 nitrogen and oxygen atoms in total. The largest absolute Gasteiger partial charge is 0.468 e. The van der Waals surface area contributed by atoms with Crippen LogP contribution in [-0.4, -0.2) is 52.6 Å². The van der Waals surface area contributed by atoms with Gasteiger partial charge in [-0.3, -0.25) is 9.59 Å². The summed E-state index contributed by atoms with van der Waals surface area (Å²) in [5.74, 6) is -1.75. The Morgan fingerprint density at radius 2 is 1.59 bits per heavy atom. The molecule has 1 saturated carbocycles. The number of ether oxygens (including phenoxy) is 4. The van der Waals surface area contributed by atoms with E-state index in [-0.39, 0.29) is 25.2 Å². The number of hydrogen-bond donors (Lipinski definition) is 0. The van der Waals surface area contributed by atoms with Gasteiger partial charge in [0.05, 0.1) is 7.11 Å². The van der Waals surface area contributed by atoms with Crippen LogP contribution in [0.2, 0.25) is 0 Å². The van der Waals surface area contributed by atoms with Crippen LogP contribution in [0, 0.1) is 5.41 Å². The minimum absolute atomic E-state index is 0.126. The van der Waals surface area contributed by atoms with E-state index < -0.39 is 17.2 Å². The van der Waals surface area contributed by atoms with Crippen molar-refractivity contribution >= 4 is 11.8 Å². The minimum atomic E-state index is -1.20. The van der Waals surface area contributed by atoms with E-state index in [1.165, 1.54) is 28.4 Å².